The van der Waals surface area contributed by atoms with Gasteiger partial charge in [-0.1, -0.05) is 24.9 Å². The van der Waals surface area contributed by atoms with Crippen LogP contribution in [0.1, 0.15) is 26.2 Å². The first-order valence-corrected chi connectivity index (χ1v) is 6.24. The lowest BCUT2D eigenvalue weighted by Gasteiger charge is -2.16. The molecule has 0 aliphatic carbocycles. The third-order valence-electron chi connectivity index (χ3n) is 2.63. The molecule has 1 heterocycles. The van der Waals surface area contributed by atoms with E-state index in [4.69, 9.17) is 17.3 Å². The van der Waals surface area contributed by atoms with E-state index in [1.807, 2.05) is 0 Å². The molecule has 0 fully saturated rings. The van der Waals surface area contributed by atoms with Crippen molar-refractivity contribution >= 4 is 17.4 Å². The van der Waals surface area contributed by atoms with Gasteiger partial charge in [-0.05, 0) is 25.3 Å². The molecule has 1 aromatic heterocycles. The van der Waals surface area contributed by atoms with E-state index >= 15 is 0 Å². The lowest BCUT2D eigenvalue weighted by atomic mass is 10.00. The summed E-state index contributed by atoms with van der Waals surface area (Å²) in [6, 6.07) is 0. The number of rotatable bonds is 7. The van der Waals surface area contributed by atoms with E-state index in [1.165, 1.54) is 6.33 Å². The molecule has 0 saturated carbocycles. The van der Waals surface area contributed by atoms with Crippen LogP contribution in [-0.4, -0.2) is 23.1 Å². The molecule has 1 atom stereocenters. The van der Waals surface area contributed by atoms with Crippen molar-refractivity contribution < 1.29 is 0 Å². The smallest absolute Gasteiger partial charge is 0.271 e. The van der Waals surface area contributed by atoms with Crippen LogP contribution in [0, 0.1) is 5.92 Å². The topological polar surface area (TPSA) is 83.8 Å². The van der Waals surface area contributed by atoms with Gasteiger partial charge in [0, 0.05) is 6.54 Å². The molecule has 1 aromatic rings. The minimum atomic E-state index is -0.324. The van der Waals surface area contributed by atoms with Crippen molar-refractivity contribution in [2.45, 2.75) is 26.2 Å². The molecule has 0 spiro atoms. The third-order valence-corrected chi connectivity index (χ3v) is 2.98. The van der Waals surface area contributed by atoms with E-state index in [2.05, 4.69) is 22.2 Å². The SMILES string of the molecule is CCCC(CCN)CNc1nc[nH]c(=O)c1Cl. The van der Waals surface area contributed by atoms with E-state index in [-0.39, 0.29) is 10.6 Å². The summed E-state index contributed by atoms with van der Waals surface area (Å²) in [5, 5.41) is 3.21. The van der Waals surface area contributed by atoms with Crippen LogP contribution < -0.4 is 16.6 Å². The first-order chi connectivity index (χ1) is 8.19. The molecule has 5 nitrogen and oxygen atoms in total. The minimum absolute atomic E-state index is 0.107. The summed E-state index contributed by atoms with van der Waals surface area (Å²) >= 11 is 5.84. The van der Waals surface area contributed by atoms with Crippen molar-refractivity contribution in [3.05, 3.63) is 21.7 Å². The van der Waals surface area contributed by atoms with Crippen LogP contribution in [0.15, 0.2) is 11.1 Å². The van der Waals surface area contributed by atoms with E-state index in [9.17, 15) is 4.79 Å². The molecule has 17 heavy (non-hydrogen) atoms. The second kappa shape index (κ2) is 7.29. The highest BCUT2D eigenvalue weighted by Crippen LogP contribution is 2.15. The lowest BCUT2D eigenvalue weighted by molar-refractivity contribution is 0.473. The predicted molar refractivity (Wildman–Crippen MR) is 70.4 cm³/mol. The Bertz CT molecular complexity index is 387. The molecular weight excluding hydrogens is 240 g/mol. The lowest BCUT2D eigenvalue weighted by Crippen LogP contribution is -2.20. The number of aromatic nitrogens is 2. The van der Waals surface area contributed by atoms with Crippen LogP contribution >= 0.6 is 11.6 Å². The highest BCUT2D eigenvalue weighted by molar-refractivity contribution is 6.32. The summed E-state index contributed by atoms with van der Waals surface area (Å²) in [7, 11) is 0. The van der Waals surface area contributed by atoms with Crippen LogP contribution in [0.5, 0.6) is 0 Å². The van der Waals surface area contributed by atoms with Crippen LogP contribution in [0.25, 0.3) is 0 Å². The third kappa shape index (κ3) is 4.36. The zero-order chi connectivity index (χ0) is 12.7. The van der Waals surface area contributed by atoms with Gasteiger partial charge in [-0.15, -0.1) is 0 Å². The predicted octanol–water partition coefficient (Wildman–Crippen LogP) is 1.60. The van der Waals surface area contributed by atoms with Gasteiger partial charge in [-0.3, -0.25) is 4.79 Å². The molecule has 0 aliphatic heterocycles. The van der Waals surface area contributed by atoms with Crippen LogP contribution in [-0.2, 0) is 0 Å². The quantitative estimate of drug-likeness (QED) is 0.694. The fourth-order valence-electron chi connectivity index (χ4n) is 1.74. The number of aromatic amines is 1. The number of nitrogens with zero attached hydrogens (tertiary/aromatic N) is 1. The van der Waals surface area contributed by atoms with Gasteiger partial charge in [0.05, 0.1) is 6.33 Å². The monoisotopic (exact) mass is 258 g/mol. The highest BCUT2D eigenvalue weighted by atomic mass is 35.5. The van der Waals surface area contributed by atoms with E-state index in [0.29, 0.717) is 18.3 Å². The van der Waals surface area contributed by atoms with Gasteiger partial charge in [0.25, 0.3) is 5.56 Å². The van der Waals surface area contributed by atoms with Crippen molar-refractivity contribution in [2.75, 3.05) is 18.4 Å². The number of anilines is 1. The Labute approximate surface area is 106 Å². The maximum Gasteiger partial charge on any atom is 0.271 e. The van der Waals surface area contributed by atoms with Crippen LogP contribution in [0.4, 0.5) is 5.82 Å². The first-order valence-electron chi connectivity index (χ1n) is 5.86. The van der Waals surface area contributed by atoms with Crippen molar-refractivity contribution in [3.63, 3.8) is 0 Å². The number of hydrogen-bond acceptors (Lipinski definition) is 4. The van der Waals surface area contributed by atoms with Gasteiger partial charge in [0.15, 0.2) is 5.82 Å². The van der Waals surface area contributed by atoms with Crippen molar-refractivity contribution in [1.82, 2.24) is 9.97 Å². The van der Waals surface area contributed by atoms with Crippen molar-refractivity contribution in [3.8, 4) is 0 Å². The van der Waals surface area contributed by atoms with Crippen molar-refractivity contribution in [2.24, 2.45) is 11.7 Å². The van der Waals surface area contributed by atoms with Gasteiger partial charge < -0.3 is 16.0 Å². The Morgan fingerprint density at radius 3 is 3.00 bits per heavy atom. The fourth-order valence-corrected chi connectivity index (χ4v) is 1.91. The van der Waals surface area contributed by atoms with Gasteiger partial charge >= 0.3 is 0 Å². The molecule has 96 valence electrons. The highest BCUT2D eigenvalue weighted by Gasteiger charge is 2.09. The summed E-state index contributed by atoms with van der Waals surface area (Å²) in [5.74, 6) is 0.927. The minimum Gasteiger partial charge on any atom is -0.368 e. The molecule has 0 aliphatic rings. The Kier molecular flexibility index (Phi) is 6.00. The first kappa shape index (κ1) is 14.0. The normalized spacial score (nSPS) is 12.4. The Hall–Kier alpha value is -1.07. The second-order valence-electron chi connectivity index (χ2n) is 4.01. The average molecular weight is 259 g/mol. The number of hydrogen-bond donors (Lipinski definition) is 3. The van der Waals surface area contributed by atoms with Gasteiger partial charge in [-0.2, -0.15) is 0 Å². The average Bonchev–Trinajstić information content (AvgIpc) is 2.31. The molecule has 0 aromatic carbocycles. The van der Waals surface area contributed by atoms with E-state index in [0.717, 1.165) is 25.8 Å². The molecule has 4 N–H and O–H groups in total. The van der Waals surface area contributed by atoms with Crippen LogP contribution in [0.2, 0.25) is 5.02 Å². The van der Waals surface area contributed by atoms with Gasteiger partial charge in [0.1, 0.15) is 5.02 Å². The molecular formula is C11H19ClN4O. The van der Waals surface area contributed by atoms with Gasteiger partial charge in [0.2, 0.25) is 0 Å². The number of H-pyrrole nitrogens is 1. The Morgan fingerprint density at radius 2 is 2.35 bits per heavy atom. The molecule has 1 rings (SSSR count). The zero-order valence-electron chi connectivity index (χ0n) is 10.0. The number of nitrogens with two attached hydrogens (primary N) is 1. The Morgan fingerprint density at radius 1 is 1.59 bits per heavy atom. The van der Waals surface area contributed by atoms with Crippen LogP contribution in [0.3, 0.4) is 0 Å². The summed E-state index contributed by atoms with van der Waals surface area (Å²) < 4.78 is 0. The number of nitrogens with one attached hydrogen (secondary N) is 2. The molecule has 6 heteroatoms. The summed E-state index contributed by atoms with van der Waals surface area (Å²) in [5.41, 5.74) is 5.23. The fraction of sp³-hybridized carbons (Fsp3) is 0.636. The molecule has 0 amide bonds. The molecule has 0 bridgehead atoms. The maximum atomic E-state index is 11.2. The summed E-state index contributed by atoms with van der Waals surface area (Å²) in [6.45, 7) is 3.55. The molecule has 0 saturated heterocycles. The van der Waals surface area contributed by atoms with E-state index < -0.39 is 0 Å². The summed E-state index contributed by atoms with van der Waals surface area (Å²) in [6.07, 6.45) is 4.52. The van der Waals surface area contributed by atoms with Gasteiger partial charge in [-0.25, -0.2) is 4.98 Å². The maximum absolute atomic E-state index is 11.2. The molecule has 1 unspecified atom stereocenters. The standard InChI is InChI=1S/C11H19ClN4O/c1-2-3-8(4-5-13)6-14-10-9(12)11(17)16-7-15-10/h7-8H,2-6,13H2,1H3,(H2,14,15,16,17). The largest absolute Gasteiger partial charge is 0.368 e. The Balaban J connectivity index is 2.58. The second-order valence-corrected chi connectivity index (χ2v) is 4.39. The zero-order valence-corrected chi connectivity index (χ0v) is 10.8. The van der Waals surface area contributed by atoms with Crippen molar-refractivity contribution in [1.29, 1.82) is 0 Å². The molecule has 0 radical (unpaired) electrons. The summed E-state index contributed by atoms with van der Waals surface area (Å²) in [4.78, 5) is 17.7. The number of halogens is 1. The van der Waals surface area contributed by atoms with E-state index in [1.54, 1.807) is 0 Å².